The van der Waals surface area contributed by atoms with Crippen LogP contribution in [0.1, 0.15) is 18.9 Å². The lowest BCUT2D eigenvalue weighted by atomic mass is 10.3. The number of aromatic nitrogens is 2. The third kappa shape index (κ3) is 2.04. The second-order valence-corrected chi connectivity index (χ2v) is 2.76. The molecule has 4 heteroatoms. The molecule has 0 aliphatic heterocycles. The van der Waals surface area contributed by atoms with E-state index in [1.54, 1.807) is 13.2 Å². The fraction of sp³-hybridized carbons (Fsp3) is 0.625. The van der Waals surface area contributed by atoms with Gasteiger partial charge in [0.1, 0.15) is 0 Å². The summed E-state index contributed by atoms with van der Waals surface area (Å²) in [6.07, 6.45) is 2.61. The molecule has 0 amide bonds. The summed E-state index contributed by atoms with van der Waals surface area (Å²) < 4.78 is 14.3. The van der Waals surface area contributed by atoms with E-state index >= 15 is 0 Å². The molecule has 0 unspecified atom stereocenters. The van der Waals surface area contributed by atoms with Crippen molar-refractivity contribution in [1.29, 1.82) is 0 Å². The first-order valence-corrected chi connectivity index (χ1v) is 4.12. The molecule has 1 aromatic rings. The summed E-state index contributed by atoms with van der Waals surface area (Å²) in [6.45, 7) is 3.55. The van der Waals surface area contributed by atoms with Crippen molar-refractivity contribution >= 4 is 0 Å². The summed E-state index contributed by atoms with van der Waals surface area (Å²) in [4.78, 5) is 0. The minimum absolute atomic E-state index is 0.251. The van der Waals surface area contributed by atoms with Crippen LogP contribution in [0.25, 0.3) is 0 Å². The fourth-order valence-electron chi connectivity index (χ4n) is 0.986. The summed E-state index contributed by atoms with van der Waals surface area (Å²) >= 11 is 0. The minimum Gasteiger partial charge on any atom is -0.312 e. The van der Waals surface area contributed by atoms with Crippen molar-refractivity contribution in [3.05, 3.63) is 17.7 Å². The number of hydrogen-bond acceptors (Lipinski definition) is 2. The van der Waals surface area contributed by atoms with Crippen molar-refractivity contribution in [3.8, 4) is 0 Å². The molecule has 0 saturated heterocycles. The molecule has 1 aromatic heterocycles. The van der Waals surface area contributed by atoms with Crippen molar-refractivity contribution in [2.24, 2.45) is 7.05 Å². The third-order valence-electron chi connectivity index (χ3n) is 1.68. The third-order valence-corrected chi connectivity index (χ3v) is 1.68. The fourth-order valence-corrected chi connectivity index (χ4v) is 0.986. The lowest BCUT2D eigenvalue weighted by Gasteiger charge is -1.99. The van der Waals surface area contributed by atoms with E-state index in [1.807, 2.05) is 0 Å². The van der Waals surface area contributed by atoms with Crippen molar-refractivity contribution in [3.63, 3.8) is 0 Å². The molecule has 0 atom stereocenters. The number of nitrogens with zero attached hydrogens (tertiary/aromatic N) is 2. The lowest BCUT2D eigenvalue weighted by molar-refractivity contribution is 0.489. The number of nitrogens with one attached hydrogen (secondary N) is 1. The van der Waals surface area contributed by atoms with E-state index in [2.05, 4.69) is 17.3 Å². The smallest absolute Gasteiger partial charge is 0.215 e. The van der Waals surface area contributed by atoms with Gasteiger partial charge < -0.3 is 5.32 Å². The van der Waals surface area contributed by atoms with Crippen LogP contribution in [0, 0.1) is 5.95 Å². The Bertz CT molecular complexity index is 244. The Hall–Kier alpha value is -0.900. The summed E-state index contributed by atoms with van der Waals surface area (Å²) in [6, 6.07) is 0. The van der Waals surface area contributed by atoms with Crippen molar-refractivity contribution in [1.82, 2.24) is 15.1 Å². The summed E-state index contributed by atoms with van der Waals surface area (Å²) in [5.41, 5.74) is 0.631. The SMILES string of the molecule is CCCNCc1cnn(C)c1F. The van der Waals surface area contributed by atoms with Gasteiger partial charge in [-0.1, -0.05) is 6.92 Å². The van der Waals surface area contributed by atoms with Crippen LogP contribution >= 0.6 is 0 Å². The number of aryl methyl sites for hydroxylation is 1. The van der Waals surface area contributed by atoms with Crippen molar-refractivity contribution < 1.29 is 4.39 Å². The van der Waals surface area contributed by atoms with Gasteiger partial charge in [-0.2, -0.15) is 9.49 Å². The molecular formula is C8H14FN3. The highest BCUT2D eigenvalue weighted by Crippen LogP contribution is 2.03. The van der Waals surface area contributed by atoms with Gasteiger partial charge in [-0.25, -0.2) is 4.68 Å². The van der Waals surface area contributed by atoms with Crippen molar-refractivity contribution in [2.75, 3.05) is 6.54 Å². The van der Waals surface area contributed by atoms with E-state index in [4.69, 9.17) is 0 Å². The Labute approximate surface area is 71.6 Å². The molecule has 0 aliphatic rings. The van der Waals surface area contributed by atoms with Crippen LogP contribution in [-0.2, 0) is 13.6 Å². The Balaban J connectivity index is 2.46. The Morgan fingerprint density at radius 3 is 2.92 bits per heavy atom. The number of hydrogen-bond donors (Lipinski definition) is 1. The molecule has 68 valence electrons. The Morgan fingerprint density at radius 2 is 2.42 bits per heavy atom. The summed E-state index contributed by atoms with van der Waals surface area (Å²) in [5.74, 6) is -0.251. The van der Waals surface area contributed by atoms with Gasteiger partial charge >= 0.3 is 0 Å². The van der Waals surface area contributed by atoms with Crippen molar-refractivity contribution in [2.45, 2.75) is 19.9 Å². The maximum Gasteiger partial charge on any atom is 0.215 e. The highest BCUT2D eigenvalue weighted by atomic mass is 19.1. The Kier molecular flexibility index (Phi) is 3.22. The number of halogens is 1. The molecule has 1 rings (SSSR count). The van der Waals surface area contributed by atoms with Crippen LogP contribution in [0.3, 0.4) is 0 Å². The topological polar surface area (TPSA) is 29.9 Å². The minimum atomic E-state index is -0.251. The first kappa shape index (κ1) is 9.19. The van der Waals surface area contributed by atoms with E-state index < -0.39 is 0 Å². The lowest BCUT2D eigenvalue weighted by Crippen LogP contribution is -2.14. The zero-order valence-electron chi connectivity index (χ0n) is 7.47. The van der Waals surface area contributed by atoms with Crippen LogP contribution < -0.4 is 5.32 Å². The largest absolute Gasteiger partial charge is 0.312 e. The van der Waals surface area contributed by atoms with Gasteiger partial charge in [0.05, 0.1) is 6.20 Å². The highest BCUT2D eigenvalue weighted by Gasteiger charge is 2.05. The molecule has 0 bridgehead atoms. The summed E-state index contributed by atoms with van der Waals surface area (Å²) in [5, 5.41) is 6.91. The molecule has 0 radical (unpaired) electrons. The molecule has 12 heavy (non-hydrogen) atoms. The first-order valence-electron chi connectivity index (χ1n) is 4.12. The van der Waals surface area contributed by atoms with Gasteiger partial charge in [-0.3, -0.25) is 0 Å². The maximum absolute atomic E-state index is 13.0. The molecule has 3 nitrogen and oxygen atoms in total. The van der Waals surface area contributed by atoms with E-state index in [0.717, 1.165) is 13.0 Å². The maximum atomic E-state index is 13.0. The zero-order chi connectivity index (χ0) is 8.97. The van der Waals surface area contributed by atoms with E-state index in [0.29, 0.717) is 12.1 Å². The average molecular weight is 171 g/mol. The molecule has 0 fully saturated rings. The molecule has 0 saturated carbocycles. The van der Waals surface area contributed by atoms with Gasteiger partial charge in [0, 0.05) is 19.2 Å². The second kappa shape index (κ2) is 4.21. The van der Waals surface area contributed by atoms with Crippen LogP contribution in [0.4, 0.5) is 4.39 Å². The zero-order valence-corrected chi connectivity index (χ0v) is 7.47. The average Bonchev–Trinajstić information content (AvgIpc) is 2.36. The van der Waals surface area contributed by atoms with E-state index in [1.165, 1.54) is 4.68 Å². The summed E-state index contributed by atoms with van der Waals surface area (Å²) in [7, 11) is 1.60. The van der Waals surface area contributed by atoms with E-state index in [9.17, 15) is 4.39 Å². The van der Waals surface area contributed by atoms with Gasteiger partial charge in [-0.15, -0.1) is 0 Å². The van der Waals surface area contributed by atoms with Gasteiger partial charge in [-0.05, 0) is 13.0 Å². The monoisotopic (exact) mass is 171 g/mol. The molecule has 0 aromatic carbocycles. The second-order valence-electron chi connectivity index (χ2n) is 2.76. The van der Waals surface area contributed by atoms with Crippen LogP contribution in [0.2, 0.25) is 0 Å². The van der Waals surface area contributed by atoms with Crippen LogP contribution in [0.5, 0.6) is 0 Å². The Morgan fingerprint density at radius 1 is 1.67 bits per heavy atom. The van der Waals surface area contributed by atoms with Gasteiger partial charge in [0.2, 0.25) is 5.95 Å². The van der Waals surface area contributed by atoms with Gasteiger partial charge in [0.25, 0.3) is 0 Å². The highest BCUT2D eigenvalue weighted by molar-refractivity contribution is 5.05. The predicted molar refractivity (Wildman–Crippen MR) is 45.2 cm³/mol. The number of rotatable bonds is 4. The molecule has 1 heterocycles. The standard InChI is InChI=1S/C8H14FN3/c1-3-4-10-5-7-6-11-12(2)8(7)9/h6,10H,3-5H2,1-2H3. The normalized spacial score (nSPS) is 10.6. The van der Waals surface area contributed by atoms with E-state index in [-0.39, 0.29) is 5.95 Å². The molecule has 1 N–H and O–H groups in total. The van der Waals surface area contributed by atoms with Crippen LogP contribution in [-0.4, -0.2) is 16.3 Å². The van der Waals surface area contributed by atoms with Crippen LogP contribution in [0.15, 0.2) is 6.20 Å². The quantitative estimate of drug-likeness (QED) is 0.686. The first-order chi connectivity index (χ1) is 5.75. The molecule has 0 aliphatic carbocycles. The molecular weight excluding hydrogens is 157 g/mol. The predicted octanol–water partition coefficient (Wildman–Crippen LogP) is 1.06. The van der Waals surface area contributed by atoms with Gasteiger partial charge in [0.15, 0.2) is 0 Å². The molecule has 0 spiro atoms.